The van der Waals surface area contributed by atoms with Gasteiger partial charge < -0.3 is 9.47 Å². The minimum absolute atomic E-state index is 0.142. The smallest absolute Gasteiger partial charge is 0.282 e. The van der Waals surface area contributed by atoms with E-state index >= 15 is 0 Å². The van der Waals surface area contributed by atoms with Gasteiger partial charge in [-0.3, -0.25) is 4.79 Å². The zero-order valence-corrected chi connectivity index (χ0v) is 19.0. The van der Waals surface area contributed by atoms with Crippen molar-refractivity contribution < 1.29 is 13.9 Å². The van der Waals surface area contributed by atoms with Crippen LogP contribution in [0.2, 0.25) is 5.28 Å². The summed E-state index contributed by atoms with van der Waals surface area (Å²) in [6, 6.07) is 4.91. The predicted molar refractivity (Wildman–Crippen MR) is 124 cm³/mol. The number of benzene rings is 1. The first kappa shape index (κ1) is 21.5. The van der Waals surface area contributed by atoms with E-state index in [-0.39, 0.29) is 22.5 Å². The molecular formula is C22H17ClFN5O3S. The monoisotopic (exact) mass is 485 g/mol. The predicted octanol–water partition coefficient (Wildman–Crippen LogP) is 4.60. The number of nitrogens with zero attached hydrogens (tertiary/aromatic N) is 5. The second-order valence-corrected chi connectivity index (χ2v) is 8.76. The van der Waals surface area contributed by atoms with Gasteiger partial charge in [-0.05, 0) is 66.6 Å². The summed E-state index contributed by atoms with van der Waals surface area (Å²) in [5.41, 5.74) is 1.57. The van der Waals surface area contributed by atoms with Crippen LogP contribution >= 0.6 is 22.9 Å². The summed E-state index contributed by atoms with van der Waals surface area (Å²) in [5, 5.41) is 4.82. The Hall–Kier alpha value is -3.37. The normalized spacial score (nSPS) is 13.4. The molecule has 168 valence electrons. The first-order valence-corrected chi connectivity index (χ1v) is 11.3. The zero-order chi connectivity index (χ0) is 22.9. The van der Waals surface area contributed by atoms with E-state index in [4.69, 9.17) is 21.1 Å². The average Bonchev–Trinajstić information content (AvgIpc) is 3.21. The standard InChI is InChI=1S/C22H17ClFN5O3S/c1-31-16-8-12(6-7-15(16)32-19-14(24)10-25-22(23)28-19)9-27-29-11-26-20-18(21(29)30)13-4-2-3-5-17(13)33-20/h6-11H,2-5H2,1H3. The molecule has 0 N–H and O–H groups in total. The third-order valence-electron chi connectivity index (χ3n) is 5.27. The second-order valence-electron chi connectivity index (χ2n) is 7.33. The first-order chi connectivity index (χ1) is 16.0. The number of hydrogen-bond acceptors (Lipinski definition) is 8. The fourth-order valence-corrected chi connectivity index (χ4v) is 5.05. The summed E-state index contributed by atoms with van der Waals surface area (Å²) in [5.74, 6) is -0.529. The van der Waals surface area contributed by atoms with Crippen molar-refractivity contribution in [1.29, 1.82) is 0 Å². The highest BCUT2D eigenvalue weighted by atomic mass is 35.5. The minimum Gasteiger partial charge on any atom is -0.493 e. The van der Waals surface area contributed by atoms with Crippen molar-refractivity contribution in [1.82, 2.24) is 19.6 Å². The number of methoxy groups -OCH3 is 1. The van der Waals surface area contributed by atoms with Crippen molar-refractivity contribution in [3.05, 3.63) is 68.2 Å². The summed E-state index contributed by atoms with van der Waals surface area (Å²) < 4.78 is 26.0. The lowest BCUT2D eigenvalue weighted by Gasteiger charge is -2.10. The Balaban J connectivity index is 1.44. The van der Waals surface area contributed by atoms with Gasteiger partial charge in [0.2, 0.25) is 11.1 Å². The molecule has 0 saturated carbocycles. The maximum Gasteiger partial charge on any atom is 0.282 e. The molecule has 11 heteroatoms. The van der Waals surface area contributed by atoms with Gasteiger partial charge in [0.1, 0.15) is 11.2 Å². The minimum atomic E-state index is -0.759. The Kier molecular flexibility index (Phi) is 5.77. The molecule has 0 saturated heterocycles. The van der Waals surface area contributed by atoms with Gasteiger partial charge >= 0.3 is 0 Å². The maximum absolute atomic E-state index is 13.9. The van der Waals surface area contributed by atoms with E-state index in [1.54, 1.807) is 29.5 Å². The largest absolute Gasteiger partial charge is 0.493 e. The van der Waals surface area contributed by atoms with Gasteiger partial charge in [0.05, 0.1) is 24.9 Å². The Labute approximate surface area is 196 Å². The van der Waals surface area contributed by atoms with Crippen molar-refractivity contribution in [3.8, 4) is 17.4 Å². The van der Waals surface area contributed by atoms with Gasteiger partial charge in [-0.2, -0.15) is 19.2 Å². The summed E-state index contributed by atoms with van der Waals surface area (Å²) in [6.07, 6.45) is 7.99. The highest BCUT2D eigenvalue weighted by Gasteiger charge is 2.20. The molecule has 0 fully saturated rings. The Morgan fingerprint density at radius 3 is 2.94 bits per heavy atom. The van der Waals surface area contributed by atoms with Crippen molar-refractivity contribution in [3.63, 3.8) is 0 Å². The lowest BCUT2D eigenvalue weighted by Crippen LogP contribution is -2.18. The average molecular weight is 486 g/mol. The molecule has 33 heavy (non-hydrogen) atoms. The van der Waals surface area contributed by atoms with E-state index in [0.29, 0.717) is 16.7 Å². The van der Waals surface area contributed by atoms with Crippen molar-refractivity contribution in [2.75, 3.05) is 7.11 Å². The Morgan fingerprint density at radius 2 is 2.09 bits per heavy atom. The number of hydrogen-bond donors (Lipinski definition) is 0. The number of aryl methyl sites for hydroxylation is 2. The summed E-state index contributed by atoms with van der Waals surface area (Å²) in [4.78, 5) is 26.8. The third kappa shape index (κ3) is 4.19. The van der Waals surface area contributed by atoms with Crippen molar-refractivity contribution in [2.24, 2.45) is 5.10 Å². The molecule has 8 nitrogen and oxygen atoms in total. The van der Waals surface area contributed by atoms with Crippen LogP contribution in [0.25, 0.3) is 10.2 Å². The number of ether oxygens (including phenoxy) is 2. The fraction of sp³-hybridized carbons (Fsp3) is 0.227. The van der Waals surface area contributed by atoms with E-state index in [9.17, 15) is 9.18 Å². The number of aromatic nitrogens is 4. The van der Waals surface area contributed by atoms with Crippen LogP contribution in [0.5, 0.6) is 17.4 Å². The molecule has 0 spiro atoms. The van der Waals surface area contributed by atoms with Crippen LogP contribution in [0, 0.1) is 5.82 Å². The fourth-order valence-electron chi connectivity index (χ4n) is 3.70. The molecule has 3 heterocycles. The Morgan fingerprint density at radius 1 is 1.24 bits per heavy atom. The molecule has 3 aromatic heterocycles. The molecule has 1 aromatic carbocycles. The summed E-state index contributed by atoms with van der Waals surface area (Å²) >= 11 is 7.31. The van der Waals surface area contributed by atoms with E-state index < -0.39 is 5.82 Å². The van der Waals surface area contributed by atoms with Crippen LogP contribution in [-0.2, 0) is 12.8 Å². The van der Waals surface area contributed by atoms with Crippen molar-refractivity contribution in [2.45, 2.75) is 25.7 Å². The third-order valence-corrected chi connectivity index (χ3v) is 6.65. The molecular weight excluding hydrogens is 469 g/mol. The van der Waals surface area contributed by atoms with Gasteiger partial charge in [-0.25, -0.2) is 9.97 Å². The topological polar surface area (TPSA) is 91.5 Å². The SMILES string of the molecule is COc1cc(C=Nn2cnc3sc4c(c3c2=O)CCCC4)ccc1Oc1nc(Cl)ncc1F. The van der Waals surface area contributed by atoms with Gasteiger partial charge in [-0.15, -0.1) is 11.3 Å². The molecule has 0 atom stereocenters. The van der Waals surface area contributed by atoms with Gasteiger partial charge in [0.15, 0.2) is 11.5 Å². The van der Waals surface area contributed by atoms with Crippen LogP contribution in [-0.4, -0.2) is 33.0 Å². The number of rotatable bonds is 5. The van der Waals surface area contributed by atoms with Crippen LogP contribution in [0.4, 0.5) is 4.39 Å². The highest BCUT2D eigenvalue weighted by Crippen LogP contribution is 2.34. The van der Waals surface area contributed by atoms with E-state index in [1.165, 1.54) is 29.2 Å². The number of thiophene rings is 1. The van der Waals surface area contributed by atoms with Gasteiger partial charge in [-0.1, -0.05) is 0 Å². The zero-order valence-electron chi connectivity index (χ0n) is 17.4. The number of halogens is 2. The molecule has 0 amide bonds. The molecule has 4 aromatic rings. The molecule has 0 bridgehead atoms. The molecule has 1 aliphatic rings. The van der Waals surface area contributed by atoms with Crippen LogP contribution in [0.3, 0.4) is 0 Å². The quantitative estimate of drug-likeness (QED) is 0.303. The van der Waals surface area contributed by atoms with E-state index in [1.807, 2.05) is 0 Å². The maximum atomic E-state index is 13.9. The van der Waals surface area contributed by atoms with Crippen LogP contribution in [0.1, 0.15) is 28.8 Å². The van der Waals surface area contributed by atoms with Crippen molar-refractivity contribution >= 4 is 39.4 Å². The first-order valence-electron chi connectivity index (χ1n) is 10.1. The van der Waals surface area contributed by atoms with E-state index in [0.717, 1.165) is 42.3 Å². The lowest BCUT2D eigenvalue weighted by molar-refractivity contribution is 0.363. The van der Waals surface area contributed by atoms with Crippen LogP contribution < -0.4 is 15.0 Å². The lowest BCUT2D eigenvalue weighted by atomic mass is 9.97. The molecule has 0 unspecified atom stereocenters. The second kappa shape index (κ2) is 8.87. The molecule has 5 rings (SSSR count). The molecule has 1 aliphatic carbocycles. The van der Waals surface area contributed by atoms with Crippen LogP contribution in [0.15, 0.2) is 40.6 Å². The highest BCUT2D eigenvalue weighted by molar-refractivity contribution is 7.18. The molecule has 0 radical (unpaired) electrons. The van der Waals surface area contributed by atoms with Gasteiger partial charge in [0, 0.05) is 4.88 Å². The Bertz CT molecular complexity index is 1450. The van der Waals surface area contributed by atoms with Gasteiger partial charge in [0.25, 0.3) is 11.4 Å². The summed E-state index contributed by atoms with van der Waals surface area (Å²) in [6.45, 7) is 0. The summed E-state index contributed by atoms with van der Waals surface area (Å²) in [7, 11) is 1.45. The number of fused-ring (bicyclic) bond motifs is 3. The molecule has 0 aliphatic heterocycles. The van der Waals surface area contributed by atoms with E-state index in [2.05, 4.69) is 20.1 Å².